The van der Waals surface area contributed by atoms with Crippen LogP contribution >= 0.6 is 0 Å². The molecule has 0 aromatic carbocycles. The molecule has 1 fully saturated rings. The summed E-state index contributed by atoms with van der Waals surface area (Å²) in [5.41, 5.74) is -1.03. The Hall–Kier alpha value is -1.28. The van der Waals surface area contributed by atoms with E-state index in [2.05, 4.69) is 6.07 Å². The predicted molar refractivity (Wildman–Crippen MR) is 59.8 cm³/mol. The third-order valence-corrected chi connectivity index (χ3v) is 2.62. The zero-order valence-corrected chi connectivity index (χ0v) is 10.6. The van der Waals surface area contributed by atoms with Crippen LogP contribution in [0.5, 0.6) is 0 Å². The zero-order valence-electron chi connectivity index (χ0n) is 10.6. The largest absolute Gasteiger partial charge is 0.444 e. The third-order valence-electron chi connectivity index (χ3n) is 2.62. The molecule has 0 spiro atoms. The first-order valence-corrected chi connectivity index (χ1v) is 5.27. The molecule has 5 nitrogen and oxygen atoms in total. The second-order valence-corrected chi connectivity index (χ2v) is 5.37. The molecule has 1 aliphatic rings. The van der Waals surface area contributed by atoms with Crippen LogP contribution in [0.4, 0.5) is 4.79 Å². The lowest BCUT2D eigenvalue weighted by molar-refractivity contribution is -0.0265. The van der Waals surface area contributed by atoms with Crippen LogP contribution in [-0.4, -0.2) is 54.2 Å². The van der Waals surface area contributed by atoms with Gasteiger partial charge in [-0.15, -0.1) is 0 Å². The van der Waals surface area contributed by atoms with Gasteiger partial charge in [0.2, 0.25) is 0 Å². The van der Waals surface area contributed by atoms with E-state index >= 15 is 0 Å². The van der Waals surface area contributed by atoms with Gasteiger partial charge >= 0.3 is 6.09 Å². The molecule has 1 rings (SSSR count). The standard InChI is InChI=1S/C11H19N3O2/c1-10(2,3)16-9(15)14-7-11(6-12,8-14)13(4)5/h7-8H2,1-5H3. The van der Waals surface area contributed by atoms with Crippen molar-refractivity contribution in [2.75, 3.05) is 27.2 Å². The fraction of sp³-hybridized carbons (Fsp3) is 0.818. The van der Waals surface area contributed by atoms with Crippen molar-refractivity contribution in [1.82, 2.24) is 9.80 Å². The summed E-state index contributed by atoms with van der Waals surface area (Å²) in [7, 11) is 3.69. The van der Waals surface area contributed by atoms with Crippen molar-refractivity contribution in [3.05, 3.63) is 0 Å². The average Bonchev–Trinajstić information content (AvgIpc) is 1.98. The van der Waals surface area contributed by atoms with Gasteiger partial charge in [0.05, 0.1) is 19.2 Å². The lowest BCUT2D eigenvalue weighted by atomic mass is 9.91. The molecule has 5 heteroatoms. The molecule has 0 aromatic rings. The second-order valence-electron chi connectivity index (χ2n) is 5.37. The topological polar surface area (TPSA) is 56.6 Å². The van der Waals surface area contributed by atoms with E-state index < -0.39 is 11.1 Å². The van der Waals surface area contributed by atoms with Gasteiger partial charge < -0.3 is 9.64 Å². The van der Waals surface area contributed by atoms with E-state index in [4.69, 9.17) is 10.00 Å². The highest BCUT2D eigenvalue weighted by Crippen LogP contribution is 2.26. The summed E-state index contributed by atoms with van der Waals surface area (Å²) in [5, 5.41) is 9.07. The van der Waals surface area contributed by atoms with E-state index in [0.717, 1.165) is 0 Å². The summed E-state index contributed by atoms with van der Waals surface area (Å²) in [4.78, 5) is 15.0. The van der Waals surface area contributed by atoms with Crippen LogP contribution in [0, 0.1) is 11.3 Å². The van der Waals surface area contributed by atoms with Crippen molar-refractivity contribution < 1.29 is 9.53 Å². The van der Waals surface area contributed by atoms with Gasteiger partial charge in [-0.2, -0.15) is 5.26 Å². The number of nitrogens with zero attached hydrogens (tertiary/aromatic N) is 3. The molecule has 0 aliphatic carbocycles. The van der Waals surface area contributed by atoms with Crippen LogP contribution in [0.3, 0.4) is 0 Å². The van der Waals surface area contributed by atoms with E-state index in [9.17, 15) is 4.79 Å². The SMILES string of the molecule is CN(C)C1(C#N)CN(C(=O)OC(C)(C)C)C1. The molecule has 0 unspecified atom stereocenters. The monoisotopic (exact) mass is 225 g/mol. The van der Waals surface area contributed by atoms with Gasteiger partial charge in [-0.25, -0.2) is 4.79 Å². The summed E-state index contributed by atoms with van der Waals surface area (Å²) in [6.45, 7) is 6.30. The lowest BCUT2D eigenvalue weighted by Crippen LogP contribution is -2.69. The Kier molecular flexibility index (Phi) is 3.15. The number of likely N-dealkylation sites (N-methyl/N-ethyl adjacent to an activating group) is 1. The van der Waals surface area contributed by atoms with Gasteiger partial charge in [0.15, 0.2) is 0 Å². The molecule has 90 valence electrons. The van der Waals surface area contributed by atoms with Crippen LogP contribution in [0.2, 0.25) is 0 Å². The van der Waals surface area contributed by atoms with E-state index in [-0.39, 0.29) is 6.09 Å². The van der Waals surface area contributed by atoms with Crippen molar-refractivity contribution in [1.29, 1.82) is 5.26 Å². The molecule has 0 radical (unpaired) electrons. The van der Waals surface area contributed by atoms with Crippen molar-refractivity contribution in [2.45, 2.75) is 31.9 Å². The first-order valence-electron chi connectivity index (χ1n) is 5.27. The maximum absolute atomic E-state index is 11.6. The maximum Gasteiger partial charge on any atom is 0.410 e. The molecule has 1 heterocycles. The summed E-state index contributed by atoms with van der Waals surface area (Å²) in [5.74, 6) is 0. The van der Waals surface area contributed by atoms with E-state index in [1.165, 1.54) is 0 Å². The number of ether oxygens (including phenoxy) is 1. The molecule has 0 N–H and O–H groups in total. The molecule has 1 saturated heterocycles. The van der Waals surface area contributed by atoms with E-state index in [1.807, 2.05) is 39.8 Å². The highest BCUT2D eigenvalue weighted by Gasteiger charge is 2.48. The highest BCUT2D eigenvalue weighted by molar-refractivity contribution is 5.70. The Bertz CT molecular complexity index is 319. The van der Waals surface area contributed by atoms with Crippen LogP contribution in [0.1, 0.15) is 20.8 Å². The zero-order chi connectivity index (χ0) is 12.6. The van der Waals surface area contributed by atoms with E-state index in [1.54, 1.807) is 4.90 Å². The fourth-order valence-corrected chi connectivity index (χ4v) is 1.49. The molecule has 0 bridgehead atoms. The first-order chi connectivity index (χ1) is 7.20. The number of hydrogen-bond acceptors (Lipinski definition) is 4. The number of carbonyl (C=O) groups excluding carboxylic acids is 1. The Labute approximate surface area is 96.6 Å². The summed E-state index contributed by atoms with van der Waals surface area (Å²) < 4.78 is 5.22. The maximum atomic E-state index is 11.6. The van der Waals surface area contributed by atoms with Gasteiger partial charge in [0.25, 0.3) is 0 Å². The number of nitriles is 1. The Morgan fingerprint density at radius 2 is 1.94 bits per heavy atom. The van der Waals surface area contributed by atoms with Gasteiger partial charge in [-0.3, -0.25) is 4.90 Å². The molecule has 0 saturated carbocycles. The van der Waals surface area contributed by atoms with Crippen LogP contribution in [0.15, 0.2) is 0 Å². The lowest BCUT2D eigenvalue weighted by Gasteiger charge is -2.48. The molecule has 1 amide bonds. The predicted octanol–water partition coefficient (Wildman–Crippen LogP) is 1.06. The van der Waals surface area contributed by atoms with Gasteiger partial charge in [-0.05, 0) is 34.9 Å². The second kappa shape index (κ2) is 3.95. The minimum Gasteiger partial charge on any atom is -0.444 e. The minimum atomic E-state index is -0.545. The fourth-order valence-electron chi connectivity index (χ4n) is 1.49. The number of likely N-dealkylation sites (tertiary alicyclic amines) is 1. The number of carbonyl (C=O) groups is 1. The Morgan fingerprint density at radius 3 is 2.25 bits per heavy atom. The highest BCUT2D eigenvalue weighted by atomic mass is 16.6. The van der Waals surface area contributed by atoms with Crippen LogP contribution in [-0.2, 0) is 4.74 Å². The third kappa shape index (κ3) is 2.45. The summed E-state index contributed by atoms with van der Waals surface area (Å²) in [6.07, 6.45) is -0.347. The van der Waals surface area contributed by atoms with Crippen LogP contribution in [0.25, 0.3) is 0 Å². The normalized spacial score (nSPS) is 18.9. The molecular formula is C11H19N3O2. The quantitative estimate of drug-likeness (QED) is 0.669. The number of hydrogen-bond donors (Lipinski definition) is 0. The number of amides is 1. The molecular weight excluding hydrogens is 206 g/mol. The van der Waals surface area contributed by atoms with Gasteiger partial charge in [0, 0.05) is 0 Å². The molecule has 0 atom stereocenters. The van der Waals surface area contributed by atoms with Crippen molar-refractivity contribution in [3.8, 4) is 6.07 Å². The molecule has 1 aliphatic heterocycles. The smallest absolute Gasteiger partial charge is 0.410 e. The van der Waals surface area contributed by atoms with Gasteiger partial charge in [0.1, 0.15) is 11.1 Å². The minimum absolute atomic E-state index is 0.347. The number of rotatable bonds is 1. The summed E-state index contributed by atoms with van der Waals surface area (Å²) >= 11 is 0. The average molecular weight is 225 g/mol. The van der Waals surface area contributed by atoms with Crippen molar-refractivity contribution in [2.24, 2.45) is 0 Å². The van der Waals surface area contributed by atoms with Gasteiger partial charge in [-0.1, -0.05) is 0 Å². The first kappa shape index (κ1) is 12.8. The van der Waals surface area contributed by atoms with E-state index in [0.29, 0.717) is 13.1 Å². The Balaban J connectivity index is 2.53. The van der Waals surface area contributed by atoms with Crippen molar-refractivity contribution >= 4 is 6.09 Å². The summed E-state index contributed by atoms with van der Waals surface area (Å²) in [6, 6.07) is 2.24. The molecule has 16 heavy (non-hydrogen) atoms. The van der Waals surface area contributed by atoms with Crippen molar-refractivity contribution in [3.63, 3.8) is 0 Å². The van der Waals surface area contributed by atoms with Crippen LogP contribution < -0.4 is 0 Å². The Morgan fingerprint density at radius 1 is 1.44 bits per heavy atom. The molecule has 0 aromatic heterocycles.